The number of rotatable bonds is 9. The average molecular weight is 556 g/mol. The third kappa shape index (κ3) is 7.37. The van der Waals surface area contributed by atoms with Crippen molar-refractivity contribution >= 4 is 29.9 Å². The summed E-state index contributed by atoms with van der Waals surface area (Å²) < 4.78 is 17.1. The van der Waals surface area contributed by atoms with Crippen LogP contribution in [-0.2, 0) is 11.3 Å². The monoisotopic (exact) mass is 556 g/mol. The lowest BCUT2D eigenvalue weighted by atomic mass is 10.00. The molecule has 0 aliphatic carbocycles. The molecule has 0 amide bonds. The smallest absolute Gasteiger partial charge is 0.191 e. The molecule has 2 N–H and O–H groups in total. The lowest BCUT2D eigenvalue weighted by molar-refractivity contribution is 0.0676. The zero-order valence-corrected chi connectivity index (χ0v) is 22.2. The number of aliphatic imine (C=N–C) groups is 1. The van der Waals surface area contributed by atoms with E-state index in [4.69, 9.17) is 19.0 Å². The first-order valence-electron chi connectivity index (χ1n) is 11.3. The van der Waals surface area contributed by atoms with Gasteiger partial charge in [0.25, 0.3) is 0 Å². The summed E-state index contributed by atoms with van der Waals surface area (Å²) in [5.74, 6) is 2.81. The van der Waals surface area contributed by atoms with Crippen LogP contribution in [0.25, 0.3) is 0 Å². The highest BCUT2D eigenvalue weighted by molar-refractivity contribution is 14.0. The third-order valence-corrected chi connectivity index (χ3v) is 5.58. The molecule has 1 aromatic heterocycles. The van der Waals surface area contributed by atoms with Crippen LogP contribution in [0.4, 0.5) is 0 Å². The number of aryl methyl sites for hydroxylation is 3. The number of guanidine groups is 1. The fraction of sp³-hybridized carbons (Fsp3) is 0.583. The van der Waals surface area contributed by atoms with E-state index < -0.39 is 0 Å². The third-order valence-electron chi connectivity index (χ3n) is 5.58. The molecule has 2 atom stereocenters. The number of nitrogens with one attached hydrogen (secondary N) is 2. The van der Waals surface area contributed by atoms with Crippen molar-refractivity contribution in [3.8, 4) is 5.75 Å². The summed E-state index contributed by atoms with van der Waals surface area (Å²) in [7, 11) is 0. The van der Waals surface area contributed by atoms with Gasteiger partial charge in [-0.15, -0.1) is 24.0 Å². The van der Waals surface area contributed by atoms with Crippen LogP contribution in [0.3, 0.4) is 0 Å². The standard InChI is InChI=1S/C24H36N4O3.HI/c1-6-25-24(26-13-17(3)23-18(4)28-31-19(23)5)27-14-20-10-9-16(2)12-22(20)30-15-21-8-7-11-29-21;/h9-10,12,17,21H,6-8,11,13-15H2,1-5H3,(H2,25,26,27);1H. The maximum atomic E-state index is 6.12. The Labute approximate surface area is 208 Å². The first-order chi connectivity index (χ1) is 15.0. The van der Waals surface area contributed by atoms with Gasteiger partial charge in [-0.25, -0.2) is 4.99 Å². The minimum absolute atomic E-state index is 0. The van der Waals surface area contributed by atoms with Gasteiger partial charge in [-0.1, -0.05) is 24.2 Å². The number of benzene rings is 1. The molecule has 0 spiro atoms. The van der Waals surface area contributed by atoms with Crippen molar-refractivity contribution in [2.24, 2.45) is 4.99 Å². The molecule has 0 bridgehead atoms. The van der Waals surface area contributed by atoms with Gasteiger partial charge in [0.1, 0.15) is 18.1 Å². The molecule has 3 rings (SSSR count). The molecule has 2 unspecified atom stereocenters. The van der Waals surface area contributed by atoms with Gasteiger partial charge in [0, 0.05) is 36.7 Å². The number of halogens is 1. The van der Waals surface area contributed by atoms with Gasteiger partial charge in [0.05, 0.1) is 18.3 Å². The highest BCUT2D eigenvalue weighted by Gasteiger charge is 2.18. The second kappa shape index (κ2) is 13.0. The average Bonchev–Trinajstić information content (AvgIpc) is 3.38. The lowest BCUT2D eigenvalue weighted by Gasteiger charge is -2.17. The van der Waals surface area contributed by atoms with E-state index in [1.165, 1.54) is 5.56 Å². The normalized spacial score (nSPS) is 17.0. The van der Waals surface area contributed by atoms with Crippen molar-refractivity contribution in [2.75, 3.05) is 26.3 Å². The molecule has 178 valence electrons. The Balaban J connectivity index is 0.00000363. The number of hydrogen-bond acceptors (Lipinski definition) is 5. The van der Waals surface area contributed by atoms with Crippen LogP contribution in [-0.4, -0.2) is 43.5 Å². The Morgan fingerprint density at radius 2 is 2.09 bits per heavy atom. The molecular weight excluding hydrogens is 519 g/mol. The summed E-state index contributed by atoms with van der Waals surface area (Å²) in [4.78, 5) is 4.80. The molecule has 32 heavy (non-hydrogen) atoms. The molecule has 0 saturated carbocycles. The summed E-state index contributed by atoms with van der Waals surface area (Å²) in [6.45, 7) is 13.8. The Kier molecular flexibility index (Phi) is 10.8. The molecule has 2 aromatic rings. The van der Waals surface area contributed by atoms with Crippen LogP contribution < -0.4 is 15.4 Å². The number of hydrogen-bond donors (Lipinski definition) is 2. The maximum Gasteiger partial charge on any atom is 0.191 e. The first kappa shape index (κ1) is 26.4. The highest BCUT2D eigenvalue weighted by atomic mass is 127. The lowest BCUT2D eigenvalue weighted by Crippen LogP contribution is -2.39. The van der Waals surface area contributed by atoms with E-state index in [1.807, 2.05) is 13.8 Å². The van der Waals surface area contributed by atoms with Gasteiger partial charge in [-0.05, 0) is 52.2 Å². The fourth-order valence-electron chi connectivity index (χ4n) is 3.94. The fourth-order valence-corrected chi connectivity index (χ4v) is 3.94. The molecule has 1 saturated heterocycles. The zero-order chi connectivity index (χ0) is 22.2. The second-order valence-corrected chi connectivity index (χ2v) is 8.27. The van der Waals surface area contributed by atoms with Crippen molar-refractivity contribution in [3.63, 3.8) is 0 Å². The van der Waals surface area contributed by atoms with Crippen LogP contribution >= 0.6 is 24.0 Å². The zero-order valence-electron chi connectivity index (χ0n) is 19.9. The van der Waals surface area contributed by atoms with E-state index in [-0.39, 0.29) is 36.0 Å². The Morgan fingerprint density at radius 3 is 2.75 bits per heavy atom. The summed E-state index contributed by atoms with van der Waals surface area (Å²) in [5, 5.41) is 10.8. The van der Waals surface area contributed by atoms with E-state index in [9.17, 15) is 0 Å². The van der Waals surface area contributed by atoms with Gasteiger partial charge < -0.3 is 24.6 Å². The van der Waals surface area contributed by atoms with E-state index in [2.05, 4.69) is 54.8 Å². The summed E-state index contributed by atoms with van der Waals surface area (Å²) in [6.07, 6.45) is 2.38. The SMILES string of the molecule is CCNC(=NCc1ccc(C)cc1OCC1CCCO1)NCC(C)c1c(C)noc1C.I. The predicted molar refractivity (Wildman–Crippen MR) is 138 cm³/mol. The van der Waals surface area contributed by atoms with Crippen molar-refractivity contribution < 1.29 is 14.0 Å². The summed E-state index contributed by atoms with van der Waals surface area (Å²) in [6, 6.07) is 6.28. The number of aromatic nitrogens is 1. The summed E-state index contributed by atoms with van der Waals surface area (Å²) >= 11 is 0. The van der Waals surface area contributed by atoms with E-state index in [1.54, 1.807) is 0 Å². The molecule has 1 fully saturated rings. The Morgan fingerprint density at radius 1 is 1.28 bits per heavy atom. The molecule has 1 aliphatic rings. The van der Waals surface area contributed by atoms with Crippen LogP contribution in [0.15, 0.2) is 27.7 Å². The molecule has 8 heteroatoms. The second-order valence-electron chi connectivity index (χ2n) is 8.27. The maximum absolute atomic E-state index is 6.12. The number of ether oxygens (including phenoxy) is 2. The summed E-state index contributed by atoms with van der Waals surface area (Å²) in [5.41, 5.74) is 4.35. The molecular formula is C24H37IN4O3. The predicted octanol–water partition coefficient (Wildman–Crippen LogP) is 4.63. The van der Waals surface area contributed by atoms with Gasteiger partial charge in [0.2, 0.25) is 0 Å². The molecule has 2 heterocycles. The van der Waals surface area contributed by atoms with Crippen molar-refractivity contribution in [1.29, 1.82) is 0 Å². The van der Waals surface area contributed by atoms with E-state index in [0.717, 1.165) is 66.8 Å². The van der Waals surface area contributed by atoms with Crippen LogP contribution in [0.2, 0.25) is 0 Å². The van der Waals surface area contributed by atoms with Crippen molar-refractivity contribution in [3.05, 3.63) is 46.3 Å². The molecule has 1 aliphatic heterocycles. The van der Waals surface area contributed by atoms with Crippen LogP contribution in [0.1, 0.15) is 60.8 Å². The minimum Gasteiger partial charge on any atom is -0.491 e. The minimum atomic E-state index is 0. The van der Waals surface area contributed by atoms with Gasteiger partial charge >= 0.3 is 0 Å². The molecule has 0 radical (unpaired) electrons. The Hall–Kier alpha value is -1.81. The van der Waals surface area contributed by atoms with Crippen molar-refractivity contribution in [2.45, 2.75) is 66.0 Å². The van der Waals surface area contributed by atoms with Crippen LogP contribution in [0.5, 0.6) is 5.75 Å². The first-order valence-corrected chi connectivity index (χ1v) is 11.3. The molecule has 7 nitrogen and oxygen atoms in total. The highest BCUT2D eigenvalue weighted by Crippen LogP contribution is 2.24. The Bertz CT molecular complexity index is 859. The van der Waals surface area contributed by atoms with Gasteiger partial charge in [0.15, 0.2) is 5.96 Å². The van der Waals surface area contributed by atoms with E-state index >= 15 is 0 Å². The quantitative estimate of drug-likeness (QED) is 0.266. The molecule has 1 aromatic carbocycles. The van der Waals surface area contributed by atoms with E-state index in [0.29, 0.717) is 13.2 Å². The largest absolute Gasteiger partial charge is 0.491 e. The van der Waals surface area contributed by atoms with Crippen molar-refractivity contribution in [1.82, 2.24) is 15.8 Å². The van der Waals surface area contributed by atoms with Crippen LogP contribution in [0, 0.1) is 20.8 Å². The number of nitrogens with zero attached hydrogens (tertiary/aromatic N) is 2. The van der Waals surface area contributed by atoms with Gasteiger partial charge in [-0.2, -0.15) is 0 Å². The topological polar surface area (TPSA) is 80.9 Å². The van der Waals surface area contributed by atoms with Gasteiger partial charge in [-0.3, -0.25) is 0 Å².